The van der Waals surface area contributed by atoms with Crippen LogP contribution in [0.4, 0.5) is 10.8 Å². The maximum Gasteiger partial charge on any atom is 0.190 e. The summed E-state index contributed by atoms with van der Waals surface area (Å²) in [6.45, 7) is 3.21. The SMILES string of the molecule is CCCCN(c1ccccc1)c1ncc(CO)s1. The lowest BCUT2D eigenvalue weighted by Crippen LogP contribution is -2.17. The van der Waals surface area contributed by atoms with E-state index in [0.717, 1.165) is 35.1 Å². The molecule has 2 rings (SSSR count). The molecule has 0 aliphatic heterocycles. The molecule has 0 aliphatic carbocycles. The molecule has 3 nitrogen and oxygen atoms in total. The van der Waals surface area contributed by atoms with Crippen molar-refractivity contribution in [2.45, 2.75) is 26.4 Å². The van der Waals surface area contributed by atoms with Gasteiger partial charge in [-0.05, 0) is 18.6 Å². The van der Waals surface area contributed by atoms with Crippen molar-refractivity contribution in [1.82, 2.24) is 4.98 Å². The molecule has 0 atom stereocenters. The number of para-hydroxylation sites is 1. The van der Waals surface area contributed by atoms with Gasteiger partial charge in [0.1, 0.15) is 0 Å². The normalized spacial score (nSPS) is 10.6. The first-order valence-electron chi connectivity index (χ1n) is 6.23. The minimum absolute atomic E-state index is 0.0636. The molecule has 0 fully saturated rings. The fraction of sp³-hybridized carbons (Fsp3) is 0.357. The lowest BCUT2D eigenvalue weighted by molar-refractivity contribution is 0.285. The van der Waals surface area contributed by atoms with E-state index in [9.17, 15) is 0 Å². The summed E-state index contributed by atoms with van der Waals surface area (Å²) in [7, 11) is 0. The molecule has 0 aliphatic rings. The number of benzene rings is 1. The quantitative estimate of drug-likeness (QED) is 0.864. The van der Waals surface area contributed by atoms with Crippen LogP contribution in [0.2, 0.25) is 0 Å². The Morgan fingerprint density at radius 3 is 2.67 bits per heavy atom. The van der Waals surface area contributed by atoms with E-state index in [1.165, 1.54) is 0 Å². The molecular weight excluding hydrogens is 244 g/mol. The molecule has 1 aromatic heterocycles. The van der Waals surface area contributed by atoms with Crippen molar-refractivity contribution in [3.05, 3.63) is 41.4 Å². The smallest absolute Gasteiger partial charge is 0.190 e. The molecule has 0 saturated carbocycles. The van der Waals surface area contributed by atoms with E-state index in [2.05, 4.69) is 28.9 Å². The maximum absolute atomic E-state index is 9.13. The summed E-state index contributed by atoms with van der Waals surface area (Å²) >= 11 is 1.55. The molecular formula is C14H18N2OS. The number of anilines is 2. The third kappa shape index (κ3) is 3.09. The Morgan fingerprint density at radius 1 is 1.28 bits per heavy atom. The second-order valence-corrected chi connectivity index (χ2v) is 5.20. The highest BCUT2D eigenvalue weighted by Gasteiger charge is 2.12. The fourth-order valence-electron chi connectivity index (χ4n) is 1.75. The number of aliphatic hydroxyl groups excluding tert-OH is 1. The van der Waals surface area contributed by atoms with E-state index >= 15 is 0 Å². The van der Waals surface area contributed by atoms with Crippen molar-refractivity contribution in [1.29, 1.82) is 0 Å². The number of thiazole rings is 1. The van der Waals surface area contributed by atoms with Crippen molar-refractivity contribution in [2.75, 3.05) is 11.4 Å². The highest BCUT2D eigenvalue weighted by molar-refractivity contribution is 7.15. The van der Waals surface area contributed by atoms with Gasteiger partial charge in [-0.1, -0.05) is 42.9 Å². The van der Waals surface area contributed by atoms with Gasteiger partial charge in [-0.15, -0.1) is 0 Å². The zero-order chi connectivity index (χ0) is 12.8. The maximum atomic E-state index is 9.13. The van der Waals surface area contributed by atoms with Crippen molar-refractivity contribution in [3.63, 3.8) is 0 Å². The predicted octanol–water partition coefficient (Wildman–Crippen LogP) is 3.57. The van der Waals surface area contributed by atoms with Gasteiger partial charge in [0.25, 0.3) is 0 Å². The van der Waals surface area contributed by atoms with Gasteiger partial charge < -0.3 is 10.0 Å². The van der Waals surface area contributed by atoms with Crippen LogP contribution in [0.5, 0.6) is 0 Å². The Labute approximate surface area is 112 Å². The van der Waals surface area contributed by atoms with Crippen LogP contribution in [0.15, 0.2) is 36.5 Å². The van der Waals surface area contributed by atoms with Crippen LogP contribution in [0, 0.1) is 0 Å². The summed E-state index contributed by atoms with van der Waals surface area (Å²) in [5, 5.41) is 10.1. The van der Waals surface area contributed by atoms with Crippen LogP contribution < -0.4 is 4.90 Å². The average Bonchev–Trinajstić information content (AvgIpc) is 2.89. The number of rotatable bonds is 6. The molecule has 1 N–H and O–H groups in total. The van der Waals surface area contributed by atoms with E-state index in [0.29, 0.717) is 0 Å². The van der Waals surface area contributed by atoms with Gasteiger partial charge in [-0.25, -0.2) is 4.98 Å². The summed E-state index contributed by atoms with van der Waals surface area (Å²) < 4.78 is 0. The fourth-order valence-corrected chi connectivity index (χ4v) is 2.57. The molecule has 0 radical (unpaired) electrons. The highest BCUT2D eigenvalue weighted by Crippen LogP contribution is 2.29. The first-order valence-corrected chi connectivity index (χ1v) is 7.05. The van der Waals surface area contributed by atoms with Gasteiger partial charge in [0.05, 0.1) is 11.5 Å². The second kappa shape index (κ2) is 6.52. The Balaban J connectivity index is 2.24. The van der Waals surface area contributed by atoms with Crippen molar-refractivity contribution < 1.29 is 5.11 Å². The summed E-state index contributed by atoms with van der Waals surface area (Å²) in [5.74, 6) is 0. The molecule has 0 amide bonds. The molecule has 18 heavy (non-hydrogen) atoms. The standard InChI is InChI=1S/C14H18N2OS/c1-2-3-9-16(12-7-5-4-6-8-12)14-15-10-13(11-17)18-14/h4-8,10,17H,2-3,9,11H2,1H3. The van der Waals surface area contributed by atoms with Crippen molar-refractivity contribution >= 4 is 22.2 Å². The van der Waals surface area contributed by atoms with Gasteiger partial charge in [0.2, 0.25) is 0 Å². The Kier molecular flexibility index (Phi) is 4.73. The predicted molar refractivity (Wildman–Crippen MR) is 76.4 cm³/mol. The average molecular weight is 262 g/mol. The van der Waals surface area contributed by atoms with E-state index in [4.69, 9.17) is 5.11 Å². The lowest BCUT2D eigenvalue weighted by Gasteiger charge is -2.21. The summed E-state index contributed by atoms with van der Waals surface area (Å²) in [4.78, 5) is 7.52. The van der Waals surface area contributed by atoms with Crippen molar-refractivity contribution in [3.8, 4) is 0 Å². The Morgan fingerprint density at radius 2 is 2.06 bits per heavy atom. The monoisotopic (exact) mass is 262 g/mol. The molecule has 1 aromatic carbocycles. The lowest BCUT2D eigenvalue weighted by atomic mass is 10.2. The molecule has 2 aromatic rings. The first-order chi connectivity index (χ1) is 8.85. The van der Waals surface area contributed by atoms with Crippen LogP contribution in [0.25, 0.3) is 0 Å². The second-order valence-electron chi connectivity index (χ2n) is 4.11. The Hall–Kier alpha value is -1.39. The van der Waals surface area contributed by atoms with Gasteiger partial charge in [-0.2, -0.15) is 0 Å². The molecule has 0 saturated heterocycles. The van der Waals surface area contributed by atoms with Crippen LogP contribution in [0.3, 0.4) is 0 Å². The molecule has 0 bridgehead atoms. The highest BCUT2D eigenvalue weighted by atomic mass is 32.1. The largest absolute Gasteiger partial charge is 0.391 e. The minimum atomic E-state index is 0.0636. The summed E-state index contributed by atoms with van der Waals surface area (Å²) in [5.41, 5.74) is 1.16. The Bertz CT molecular complexity index is 470. The van der Waals surface area contributed by atoms with E-state index in [-0.39, 0.29) is 6.61 Å². The summed E-state index contributed by atoms with van der Waals surface area (Å²) in [6, 6.07) is 10.3. The third-order valence-electron chi connectivity index (χ3n) is 2.73. The molecule has 0 spiro atoms. The van der Waals surface area contributed by atoms with Gasteiger partial charge >= 0.3 is 0 Å². The molecule has 0 unspecified atom stereocenters. The zero-order valence-electron chi connectivity index (χ0n) is 10.5. The first kappa shape index (κ1) is 13.1. The molecule has 96 valence electrons. The van der Waals surface area contributed by atoms with Crippen LogP contribution >= 0.6 is 11.3 Å². The van der Waals surface area contributed by atoms with E-state index in [1.54, 1.807) is 17.5 Å². The topological polar surface area (TPSA) is 36.4 Å². The van der Waals surface area contributed by atoms with Gasteiger partial charge in [0.15, 0.2) is 5.13 Å². The number of hydrogen-bond acceptors (Lipinski definition) is 4. The number of nitrogens with zero attached hydrogens (tertiary/aromatic N) is 2. The van der Waals surface area contributed by atoms with Crippen LogP contribution in [-0.2, 0) is 6.61 Å². The number of aliphatic hydroxyl groups is 1. The van der Waals surface area contributed by atoms with Gasteiger partial charge in [-0.3, -0.25) is 0 Å². The zero-order valence-corrected chi connectivity index (χ0v) is 11.4. The summed E-state index contributed by atoms with van der Waals surface area (Å²) in [6.07, 6.45) is 4.03. The number of aromatic nitrogens is 1. The molecule has 4 heteroatoms. The van der Waals surface area contributed by atoms with E-state index < -0.39 is 0 Å². The minimum Gasteiger partial charge on any atom is -0.391 e. The van der Waals surface area contributed by atoms with Crippen LogP contribution in [0.1, 0.15) is 24.6 Å². The van der Waals surface area contributed by atoms with Crippen molar-refractivity contribution in [2.24, 2.45) is 0 Å². The van der Waals surface area contributed by atoms with E-state index in [1.807, 2.05) is 18.2 Å². The number of hydrogen-bond donors (Lipinski definition) is 1. The van der Waals surface area contributed by atoms with Gasteiger partial charge in [0, 0.05) is 18.4 Å². The number of unbranched alkanes of at least 4 members (excludes halogenated alkanes) is 1. The molecule has 1 heterocycles. The van der Waals surface area contributed by atoms with Crippen LogP contribution in [-0.4, -0.2) is 16.6 Å². The third-order valence-corrected chi connectivity index (χ3v) is 3.74.